The molecule has 0 aromatic rings. The van der Waals surface area contributed by atoms with Gasteiger partial charge in [0.2, 0.25) is 5.91 Å². The van der Waals surface area contributed by atoms with Gasteiger partial charge in [-0.05, 0) is 12.8 Å². The fourth-order valence-corrected chi connectivity index (χ4v) is 2.12. The van der Waals surface area contributed by atoms with Gasteiger partial charge in [0.1, 0.15) is 0 Å². The third kappa shape index (κ3) is 3.48. The number of nitrogens with zero attached hydrogens (tertiary/aromatic N) is 1. The monoisotopic (exact) mass is 228 g/mol. The molecular formula is C11H20N2O3. The molecule has 0 bridgehead atoms. The Kier molecular flexibility index (Phi) is 4.73. The van der Waals surface area contributed by atoms with Crippen molar-refractivity contribution < 1.29 is 14.7 Å². The largest absolute Gasteiger partial charge is 0.481 e. The Morgan fingerprint density at radius 1 is 1.38 bits per heavy atom. The molecule has 0 aromatic heterocycles. The Morgan fingerprint density at radius 2 is 2.00 bits per heavy atom. The van der Waals surface area contributed by atoms with Crippen LogP contribution in [0.5, 0.6) is 0 Å². The maximum absolute atomic E-state index is 12.0. The molecule has 1 amide bonds. The van der Waals surface area contributed by atoms with Gasteiger partial charge >= 0.3 is 5.97 Å². The molecule has 2 unspecified atom stereocenters. The van der Waals surface area contributed by atoms with E-state index in [0.717, 1.165) is 25.7 Å². The molecule has 1 saturated carbocycles. The summed E-state index contributed by atoms with van der Waals surface area (Å²) in [6.07, 6.45) is 3.84. The fourth-order valence-electron chi connectivity index (χ4n) is 2.12. The predicted octanol–water partition coefficient (Wildman–Crippen LogP) is 0.437. The van der Waals surface area contributed by atoms with Crippen molar-refractivity contribution in [2.45, 2.75) is 38.1 Å². The summed E-state index contributed by atoms with van der Waals surface area (Å²) in [6.45, 7) is 0.261. The first kappa shape index (κ1) is 13.0. The molecule has 1 rings (SSSR count). The number of aliphatic carboxylic acids is 1. The number of carboxylic acids is 1. The van der Waals surface area contributed by atoms with Crippen LogP contribution in [0.2, 0.25) is 0 Å². The van der Waals surface area contributed by atoms with Crippen LogP contribution in [0.1, 0.15) is 32.1 Å². The van der Waals surface area contributed by atoms with Crippen LogP contribution in [0, 0.1) is 5.92 Å². The van der Waals surface area contributed by atoms with E-state index in [9.17, 15) is 9.59 Å². The van der Waals surface area contributed by atoms with E-state index in [0.29, 0.717) is 0 Å². The summed E-state index contributed by atoms with van der Waals surface area (Å²) < 4.78 is 0. The summed E-state index contributed by atoms with van der Waals surface area (Å²) in [7, 11) is 1.65. The van der Waals surface area contributed by atoms with Gasteiger partial charge in [-0.3, -0.25) is 9.59 Å². The standard InChI is InChI=1S/C11H20N2O3/c1-13(7-6-10(14)15)11(16)8-4-2-3-5-9(8)12/h8-9H,2-7,12H2,1H3,(H,14,15). The van der Waals surface area contributed by atoms with Crippen LogP contribution in [0.3, 0.4) is 0 Å². The summed E-state index contributed by atoms with van der Waals surface area (Å²) in [6, 6.07) is -0.0615. The second-order valence-corrected chi connectivity index (χ2v) is 4.46. The number of rotatable bonds is 4. The topological polar surface area (TPSA) is 83.6 Å². The first-order valence-electron chi connectivity index (χ1n) is 5.74. The highest BCUT2D eigenvalue weighted by molar-refractivity contribution is 5.80. The minimum atomic E-state index is -0.882. The Hall–Kier alpha value is -1.10. The molecule has 0 spiro atoms. The van der Waals surface area contributed by atoms with Gasteiger partial charge in [-0.2, -0.15) is 0 Å². The quantitative estimate of drug-likeness (QED) is 0.731. The average Bonchev–Trinajstić information content (AvgIpc) is 2.25. The number of hydrogen-bond donors (Lipinski definition) is 2. The molecule has 0 heterocycles. The van der Waals surface area contributed by atoms with Crippen molar-refractivity contribution in [1.82, 2.24) is 4.90 Å². The lowest BCUT2D eigenvalue weighted by Gasteiger charge is -2.30. The van der Waals surface area contributed by atoms with Crippen molar-refractivity contribution >= 4 is 11.9 Å². The van der Waals surface area contributed by atoms with E-state index in [-0.39, 0.29) is 30.8 Å². The van der Waals surface area contributed by atoms with Crippen molar-refractivity contribution in [2.75, 3.05) is 13.6 Å². The summed E-state index contributed by atoms with van der Waals surface area (Å²) in [5.41, 5.74) is 5.91. The predicted molar refractivity (Wildman–Crippen MR) is 59.8 cm³/mol. The van der Waals surface area contributed by atoms with Gasteiger partial charge in [0.05, 0.1) is 12.3 Å². The molecule has 0 aromatic carbocycles. The lowest BCUT2D eigenvalue weighted by Crippen LogP contribution is -2.44. The molecule has 16 heavy (non-hydrogen) atoms. The molecule has 1 aliphatic carbocycles. The van der Waals surface area contributed by atoms with Crippen LogP contribution in [0.25, 0.3) is 0 Å². The minimum absolute atomic E-state index is 0.00606. The number of nitrogens with two attached hydrogens (primary N) is 1. The van der Waals surface area contributed by atoms with E-state index in [4.69, 9.17) is 10.8 Å². The van der Waals surface area contributed by atoms with Crippen molar-refractivity contribution in [3.05, 3.63) is 0 Å². The Labute approximate surface area is 95.6 Å². The molecule has 2 atom stereocenters. The van der Waals surface area contributed by atoms with Gasteiger partial charge in [-0.15, -0.1) is 0 Å². The van der Waals surface area contributed by atoms with Gasteiger partial charge in [-0.25, -0.2) is 0 Å². The smallest absolute Gasteiger partial charge is 0.305 e. The first-order chi connectivity index (χ1) is 7.52. The molecule has 92 valence electrons. The van der Waals surface area contributed by atoms with Crippen LogP contribution >= 0.6 is 0 Å². The second-order valence-electron chi connectivity index (χ2n) is 4.46. The Balaban J connectivity index is 2.45. The van der Waals surface area contributed by atoms with E-state index in [1.807, 2.05) is 0 Å². The summed E-state index contributed by atoms with van der Waals surface area (Å²) >= 11 is 0. The summed E-state index contributed by atoms with van der Waals surface area (Å²) in [5.74, 6) is -1.01. The summed E-state index contributed by atoms with van der Waals surface area (Å²) in [5, 5.41) is 8.54. The van der Waals surface area contributed by atoms with Gasteiger partial charge in [0.25, 0.3) is 0 Å². The number of carbonyl (C=O) groups excluding carboxylic acids is 1. The zero-order valence-corrected chi connectivity index (χ0v) is 9.69. The van der Waals surface area contributed by atoms with Crippen LogP contribution in [-0.2, 0) is 9.59 Å². The van der Waals surface area contributed by atoms with E-state index in [1.165, 1.54) is 4.90 Å². The van der Waals surface area contributed by atoms with Crippen molar-refractivity contribution in [3.63, 3.8) is 0 Å². The van der Waals surface area contributed by atoms with Crippen molar-refractivity contribution in [3.8, 4) is 0 Å². The van der Waals surface area contributed by atoms with Gasteiger partial charge < -0.3 is 15.7 Å². The van der Waals surface area contributed by atoms with E-state index < -0.39 is 5.97 Å². The summed E-state index contributed by atoms with van der Waals surface area (Å²) in [4.78, 5) is 23.9. The highest BCUT2D eigenvalue weighted by Gasteiger charge is 2.30. The minimum Gasteiger partial charge on any atom is -0.481 e. The zero-order chi connectivity index (χ0) is 12.1. The van der Waals surface area contributed by atoms with Gasteiger partial charge in [0.15, 0.2) is 0 Å². The number of amides is 1. The SMILES string of the molecule is CN(CCC(=O)O)C(=O)C1CCCCC1N. The molecule has 3 N–H and O–H groups in total. The number of carbonyl (C=O) groups is 2. The molecule has 1 fully saturated rings. The van der Waals surface area contributed by atoms with E-state index >= 15 is 0 Å². The van der Waals surface area contributed by atoms with Crippen LogP contribution in [0.15, 0.2) is 0 Å². The normalized spacial score (nSPS) is 25.1. The van der Waals surface area contributed by atoms with E-state index in [2.05, 4.69) is 0 Å². The molecule has 1 aliphatic rings. The zero-order valence-electron chi connectivity index (χ0n) is 9.69. The third-order valence-corrected chi connectivity index (χ3v) is 3.17. The lowest BCUT2D eigenvalue weighted by molar-refractivity contribution is -0.139. The molecular weight excluding hydrogens is 208 g/mol. The van der Waals surface area contributed by atoms with Crippen molar-refractivity contribution in [1.29, 1.82) is 0 Å². The highest BCUT2D eigenvalue weighted by Crippen LogP contribution is 2.24. The third-order valence-electron chi connectivity index (χ3n) is 3.17. The maximum atomic E-state index is 12.0. The molecule has 0 saturated heterocycles. The second kappa shape index (κ2) is 5.84. The van der Waals surface area contributed by atoms with Crippen molar-refractivity contribution in [2.24, 2.45) is 11.7 Å². The Bertz CT molecular complexity index is 268. The molecule has 5 nitrogen and oxygen atoms in total. The maximum Gasteiger partial charge on any atom is 0.305 e. The molecule has 5 heteroatoms. The number of hydrogen-bond acceptors (Lipinski definition) is 3. The Morgan fingerprint density at radius 3 is 2.56 bits per heavy atom. The molecule has 0 radical (unpaired) electrons. The van der Waals surface area contributed by atoms with Gasteiger partial charge in [0, 0.05) is 19.6 Å². The van der Waals surface area contributed by atoms with Crippen LogP contribution in [-0.4, -0.2) is 41.5 Å². The fraction of sp³-hybridized carbons (Fsp3) is 0.818. The lowest BCUT2D eigenvalue weighted by atomic mass is 9.84. The highest BCUT2D eigenvalue weighted by atomic mass is 16.4. The van der Waals surface area contributed by atoms with Crippen LogP contribution in [0.4, 0.5) is 0 Å². The number of carboxylic acid groups (broad SMARTS) is 1. The first-order valence-corrected chi connectivity index (χ1v) is 5.74. The molecule has 0 aliphatic heterocycles. The van der Waals surface area contributed by atoms with Gasteiger partial charge in [-0.1, -0.05) is 12.8 Å². The van der Waals surface area contributed by atoms with Crippen LogP contribution < -0.4 is 5.73 Å². The average molecular weight is 228 g/mol. The van der Waals surface area contributed by atoms with E-state index in [1.54, 1.807) is 7.05 Å².